The van der Waals surface area contributed by atoms with Crippen LogP contribution in [0.15, 0.2) is 6.07 Å². The standard InChI is InChI=1S/C26H35NO5S/c1-17-4-6-18(7-5-17)24(29)27(19-8-10-20(28)11-9-19)22-14-21(33-23(22)25(30)31-3)12-13-26(2)15-32-16-26/h14,17-20,28H,4-11,15-16H2,1-3H3. The number of thiophene rings is 1. The molecule has 1 saturated heterocycles. The second kappa shape index (κ2) is 10.2. The molecule has 0 spiro atoms. The van der Waals surface area contributed by atoms with E-state index in [0.717, 1.165) is 43.4 Å². The molecule has 0 atom stereocenters. The summed E-state index contributed by atoms with van der Waals surface area (Å²) >= 11 is 1.29. The molecule has 3 fully saturated rings. The Balaban J connectivity index is 1.69. The summed E-state index contributed by atoms with van der Waals surface area (Å²) in [4.78, 5) is 29.7. The number of nitrogens with zero attached hydrogens (tertiary/aromatic N) is 1. The Bertz CT molecular complexity index is 924. The van der Waals surface area contributed by atoms with E-state index in [2.05, 4.69) is 25.7 Å². The number of aliphatic hydroxyl groups excluding tert-OH is 1. The molecule has 1 aromatic rings. The lowest BCUT2D eigenvalue weighted by Gasteiger charge is -2.38. The molecule has 6 nitrogen and oxygen atoms in total. The van der Waals surface area contributed by atoms with Crippen molar-refractivity contribution in [2.45, 2.75) is 77.4 Å². The van der Waals surface area contributed by atoms with E-state index in [9.17, 15) is 14.7 Å². The second-order valence-electron chi connectivity index (χ2n) is 10.2. The van der Waals surface area contributed by atoms with Gasteiger partial charge in [-0.2, -0.15) is 0 Å². The molecule has 1 amide bonds. The molecular formula is C26H35NO5S. The molecule has 33 heavy (non-hydrogen) atoms. The fourth-order valence-electron chi connectivity index (χ4n) is 5.07. The number of carbonyl (C=O) groups is 2. The third kappa shape index (κ3) is 5.45. The third-order valence-electron chi connectivity index (χ3n) is 7.31. The molecule has 180 valence electrons. The maximum absolute atomic E-state index is 13.9. The van der Waals surface area contributed by atoms with Gasteiger partial charge in [-0.25, -0.2) is 4.79 Å². The van der Waals surface area contributed by atoms with Crippen molar-refractivity contribution in [3.8, 4) is 11.8 Å². The summed E-state index contributed by atoms with van der Waals surface area (Å²) in [5.74, 6) is 6.78. The van der Waals surface area contributed by atoms with Gasteiger partial charge in [-0.05, 0) is 70.3 Å². The fourth-order valence-corrected chi connectivity index (χ4v) is 5.99. The molecule has 2 saturated carbocycles. The van der Waals surface area contributed by atoms with Gasteiger partial charge in [-0.1, -0.05) is 18.8 Å². The third-order valence-corrected chi connectivity index (χ3v) is 8.33. The summed E-state index contributed by atoms with van der Waals surface area (Å²) in [6.45, 7) is 5.52. The van der Waals surface area contributed by atoms with Crippen LogP contribution in [0.1, 0.15) is 79.8 Å². The highest BCUT2D eigenvalue weighted by molar-refractivity contribution is 7.15. The van der Waals surface area contributed by atoms with Crippen LogP contribution in [0.2, 0.25) is 0 Å². The van der Waals surface area contributed by atoms with Gasteiger partial charge in [0.25, 0.3) is 0 Å². The number of hydrogen-bond acceptors (Lipinski definition) is 6. The number of hydrogen-bond donors (Lipinski definition) is 1. The van der Waals surface area contributed by atoms with E-state index >= 15 is 0 Å². The number of esters is 1. The maximum Gasteiger partial charge on any atom is 0.350 e. The molecule has 1 aromatic heterocycles. The van der Waals surface area contributed by atoms with E-state index in [4.69, 9.17) is 9.47 Å². The van der Waals surface area contributed by atoms with Crippen molar-refractivity contribution in [1.29, 1.82) is 0 Å². The van der Waals surface area contributed by atoms with Gasteiger partial charge in [0.2, 0.25) is 5.91 Å². The summed E-state index contributed by atoms with van der Waals surface area (Å²) in [5.41, 5.74) is 0.458. The van der Waals surface area contributed by atoms with E-state index < -0.39 is 5.97 Å². The van der Waals surface area contributed by atoms with Crippen LogP contribution in [0.4, 0.5) is 5.69 Å². The van der Waals surface area contributed by atoms with Crippen LogP contribution in [0.3, 0.4) is 0 Å². The quantitative estimate of drug-likeness (QED) is 0.519. The molecule has 1 N–H and O–H groups in total. The molecule has 0 radical (unpaired) electrons. The monoisotopic (exact) mass is 473 g/mol. The first kappa shape index (κ1) is 24.3. The van der Waals surface area contributed by atoms with Gasteiger partial charge in [0.1, 0.15) is 4.88 Å². The highest BCUT2D eigenvalue weighted by Gasteiger charge is 2.37. The first-order valence-electron chi connectivity index (χ1n) is 12.1. The molecule has 0 unspecified atom stereocenters. The van der Waals surface area contributed by atoms with Crippen molar-refractivity contribution >= 4 is 28.9 Å². The Hall–Kier alpha value is -1.88. The zero-order valence-electron chi connectivity index (χ0n) is 19.9. The Labute approximate surface area is 200 Å². The number of methoxy groups -OCH3 is 1. The molecule has 7 heteroatoms. The van der Waals surface area contributed by atoms with Crippen molar-refractivity contribution < 1.29 is 24.2 Å². The minimum atomic E-state index is -0.438. The van der Waals surface area contributed by atoms with Crippen molar-refractivity contribution in [3.63, 3.8) is 0 Å². The predicted molar refractivity (Wildman–Crippen MR) is 128 cm³/mol. The smallest absolute Gasteiger partial charge is 0.350 e. The average Bonchev–Trinajstić information content (AvgIpc) is 3.21. The Morgan fingerprint density at radius 2 is 1.82 bits per heavy atom. The van der Waals surface area contributed by atoms with Crippen LogP contribution in [-0.2, 0) is 14.3 Å². The van der Waals surface area contributed by atoms with Gasteiger partial charge < -0.3 is 19.5 Å². The molecule has 1 aliphatic heterocycles. The molecule has 3 aliphatic rings. The second-order valence-corrected chi connectivity index (χ2v) is 11.3. The van der Waals surface area contributed by atoms with E-state index in [1.54, 1.807) is 0 Å². The molecule has 0 bridgehead atoms. The lowest BCUT2D eigenvalue weighted by Crippen LogP contribution is -2.47. The van der Waals surface area contributed by atoms with Crippen molar-refractivity contribution in [1.82, 2.24) is 0 Å². The van der Waals surface area contributed by atoms with Crippen LogP contribution in [0.5, 0.6) is 0 Å². The highest BCUT2D eigenvalue weighted by atomic mass is 32.1. The fraction of sp³-hybridized carbons (Fsp3) is 0.692. The van der Waals surface area contributed by atoms with Crippen molar-refractivity contribution in [2.75, 3.05) is 25.2 Å². The first-order valence-corrected chi connectivity index (χ1v) is 13.0. The lowest BCUT2D eigenvalue weighted by atomic mass is 9.81. The molecular weight excluding hydrogens is 438 g/mol. The van der Waals surface area contributed by atoms with Crippen LogP contribution >= 0.6 is 11.3 Å². The zero-order valence-corrected chi connectivity index (χ0v) is 20.7. The first-order chi connectivity index (χ1) is 15.8. The Morgan fingerprint density at radius 3 is 2.39 bits per heavy atom. The topological polar surface area (TPSA) is 76.1 Å². The van der Waals surface area contributed by atoms with Gasteiger partial charge in [-0.3, -0.25) is 4.79 Å². The average molecular weight is 474 g/mol. The van der Waals surface area contributed by atoms with Crippen molar-refractivity contribution in [2.24, 2.45) is 17.3 Å². The number of carbonyl (C=O) groups excluding carboxylic acids is 2. The minimum absolute atomic E-state index is 0.0287. The maximum atomic E-state index is 13.9. The summed E-state index contributed by atoms with van der Waals surface area (Å²) in [6, 6.07) is 1.86. The molecule has 2 aliphatic carbocycles. The number of ether oxygens (including phenoxy) is 2. The highest BCUT2D eigenvalue weighted by Crippen LogP contribution is 2.39. The largest absolute Gasteiger partial charge is 0.465 e. The van der Waals surface area contributed by atoms with Crippen LogP contribution in [0.25, 0.3) is 0 Å². The SMILES string of the molecule is COC(=O)c1sc(C#CC2(C)COC2)cc1N(C(=O)C1CCC(C)CC1)C1CCC(O)CC1. The normalized spacial score (nSPS) is 28.7. The van der Waals surface area contributed by atoms with E-state index in [0.29, 0.717) is 42.5 Å². The Kier molecular flexibility index (Phi) is 7.47. The summed E-state index contributed by atoms with van der Waals surface area (Å²) in [5, 5.41) is 10.1. The summed E-state index contributed by atoms with van der Waals surface area (Å²) in [7, 11) is 1.37. The van der Waals surface area contributed by atoms with Crippen molar-refractivity contribution in [3.05, 3.63) is 15.8 Å². The van der Waals surface area contributed by atoms with E-state index in [-0.39, 0.29) is 29.4 Å². The number of anilines is 1. The minimum Gasteiger partial charge on any atom is -0.465 e. The molecule has 4 rings (SSSR count). The summed E-state index contributed by atoms with van der Waals surface area (Å²) in [6.07, 6.45) is 6.34. The van der Waals surface area contributed by atoms with Gasteiger partial charge in [0, 0.05) is 12.0 Å². The van der Waals surface area contributed by atoms with Gasteiger partial charge in [0.05, 0.1) is 42.4 Å². The van der Waals surface area contributed by atoms with E-state index in [1.165, 1.54) is 18.4 Å². The lowest BCUT2D eigenvalue weighted by molar-refractivity contribution is -0.124. The van der Waals surface area contributed by atoms with Gasteiger partial charge >= 0.3 is 5.97 Å². The number of aliphatic hydroxyl groups is 1. The van der Waals surface area contributed by atoms with Crippen LogP contribution < -0.4 is 4.90 Å². The summed E-state index contributed by atoms with van der Waals surface area (Å²) < 4.78 is 10.4. The molecule has 0 aromatic carbocycles. The number of amides is 1. The Morgan fingerprint density at radius 1 is 1.15 bits per heavy atom. The van der Waals surface area contributed by atoms with Gasteiger partial charge in [0.15, 0.2) is 0 Å². The van der Waals surface area contributed by atoms with Crippen LogP contribution in [-0.4, -0.2) is 49.5 Å². The van der Waals surface area contributed by atoms with Gasteiger partial charge in [-0.15, -0.1) is 11.3 Å². The predicted octanol–water partition coefficient (Wildman–Crippen LogP) is 4.39. The zero-order chi connectivity index (χ0) is 23.6. The van der Waals surface area contributed by atoms with E-state index in [1.807, 2.05) is 11.0 Å². The number of rotatable bonds is 4. The molecule has 2 heterocycles. The van der Waals surface area contributed by atoms with Crippen LogP contribution in [0, 0.1) is 29.1 Å².